The van der Waals surface area contributed by atoms with E-state index in [0.29, 0.717) is 0 Å². The topological polar surface area (TPSA) is 83.5 Å². The number of rotatable bonds is 4. The summed E-state index contributed by atoms with van der Waals surface area (Å²) in [6.45, 7) is 4.42. The molecule has 0 spiro atoms. The summed E-state index contributed by atoms with van der Waals surface area (Å²) < 4.78 is 25.9. The summed E-state index contributed by atoms with van der Waals surface area (Å²) in [5.74, 6) is -1.23. The Morgan fingerprint density at radius 2 is 1.71 bits per heavy atom. The predicted molar refractivity (Wildman–Crippen MR) is 63.2 cm³/mol. The fourth-order valence-corrected chi connectivity index (χ4v) is 2.53. The fourth-order valence-electron chi connectivity index (χ4n) is 1.16. The molecule has 1 rings (SSSR count). The molecule has 5 nitrogen and oxygen atoms in total. The number of sulfonamides is 1. The SMILES string of the molecule is Cc1ccc(S(=O)(=O)NC(C)(C)C(=O)O)cc1. The van der Waals surface area contributed by atoms with Gasteiger partial charge < -0.3 is 5.11 Å². The number of benzene rings is 1. The molecule has 0 aliphatic carbocycles. The van der Waals surface area contributed by atoms with Crippen molar-refractivity contribution in [3.63, 3.8) is 0 Å². The first-order valence-corrected chi connectivity index (χ1v) is 6.47. The highest BCUT2D eigenvalue weighted by atomic mass is 32.2. The molecule has 6 heteroatoms. The van der Waals surface area contributed by atoms with Gasteiger partial charge in [-0.25, -0.2) is 8.42 Å². The van der Waals surface area contributed by atoms with Gasteiger partial charge in [-0.05, 0) is 32.9 Å². The number of aryl methyl sites for hydroxylation is 1. The number of hydrogen-bond donors (Lipinski definition) is 2. The van der Waals surface area contributed by atoms with Crippen LogP contribution in [0, 0.1) is 6.92 Å². The number of carboxylic acids is 1. The Morgan fingerprint density at radius 3 is 2.12 bits per heavy atom. The number of carboxylic acid groups (broad SMARTS) is 1. The maximum Gasteiger partial charge on any atom is 0.324 e. The summed E-state index contributed by atoms with van der Waals surface area (Å²) in [6, 6.07) is 6.19. The number of aliphatic carboxylic acids is 1. The third kappa shape index (κ3) is 3.28. The van der Waals surface area contributed by atoms with E-state index >= 15 is 0 Å². The van der Waals surface area contributed by atoms with Crippen molar-refractivity contribution in [2.75, 3.05) is 0 Å². The van der Waals surface area contributed by atoms with Gasteiger partial charge in [0, 0.05) is 0 Å². The summed E-state index contributed by atoms with van der Waals surface area (Å²) in [5, 5.41) is 8.87. The molecule has 0 bridgehead atoms. The molecule has 0 saturated heterocycles. The largest absolute Gasteiger partial charge is 0.480 e. The highest BCUT2D eigenvalue weighted by molar-refractivity contribution is 7.89. The molecule has 0 radical (unpaired) electrons. The van der Waals surface area contributed by atoms with Gasteiger partial charge in [-0.2, -0.15) is 4.72 Å². The summed E-state index contributed by atoms with van der Waals surface area (Å²) in [5.41, 5.74) is -0.606. The number of carbonyl (C=O) groups is 1. The van der Waals surface area contributed by atoms with E-state index in [0.717, 1.165) is 5.56 Å². The Balaban J connectivity index is 3.05. The second kappa shape index (κ2) is 4.46. The molecule has 0 fully saturated rings. The highest BCUT2D eigenvalue weighted by Crippen LogP contribution is 2.13. The van der Waals surface area contributed by atoms with Crippen LogP contribution >= 0.6 is 0 Å². The van der Waals surface area contributed by atoms with Crippen molar-refractivity contribution in [2.45, 2.75) is 31.2 Å². The first-order valence-electron chi connectivity index (χ1n) is 4.99. The molecular weight excluding hydrogens is 242 g/mol. The van der Waals surface area contributed by atoms with Crippen LogP contribution < -0.4 is 4.72 Å². The van der Waals surface area contributed by atoms with Gasteiger partial charge >= 0.3 is 5.97 Å². The van der Waals surface area contributed by atoms with Crippen molar-refractivity contribution in [3.8, 4) is 0 Å². The lowest BCUT2D eigenvalue weighted by Gasteiger charge is -2.20. The first kappa shape index (κ1) is 13.7. The molecule has 1 aromatic carbocycles. The van der Waals surface area contributed by atoms with E-state index in [-0.39, 0.29) is 4.90 Å². The standard InChI is InChI=1S/C11H15NO4S/c1-8-4-6-9(7-5-8)17(15,16)12-11(2,3)10(13)14/h4-7,12H,1-3H3,(H,13,14). The van der Waals surface area contributed by atoms with Crippen LogP contribution in [0.1, 0.15) is 19.4 Å². The van der Waals surface area contributed by atoms with Crippen LogP contribution in [-0.2, 0) is 14.8 Å². The maximum atomic E-state index is 11.9. The first-order chi connectivity index (χ1) is 7.65. The predicted octanol–water partition coefficient (Wildman–Crippen LogP) is 1.14. The van der Waals surface area contributed by atoms with Crippen LogP contribution in [-0.4, -0.2) is 25.0 Å². The average Bonchev–Trinajstić information content (AvgIpc) is 2.16. The van der Waals surface area contributed by atoms with Gasteiger partial charge in [0.05, 0.1) is 4.90 Å². The normalized spacial score (nSPS) is 12.4. The van der Waals surface area contributed by atoms with Crippen LogP contribution in [0.15, 0.2) is 29.2 Å². The summed E-state index contributed by atoms with van der Waals surface area (Å²) in [4.78, 5) is 10.9. The molecule has 0 amide bonds. The van der Waals surface area contributed by atoms with E-state index in [1.54, 1.807) is 12.1 Å². The van der Waals surface area contributed by atoms with E-state index < -0.39 is 21.5 Å². The number of hydrogen-bond acceptors (Lipinski definition) is 3. The average molecular weight is 257 g/mol. The molecule has 0 aliphatic heterocycles. The second-order valence-electron chi connectivity index (χ2n) is 4.35. The molecule has 17 heavy (non-hydrogen) atoms. The van der Waals surface area contributed by atoms with Crippen LogP contribution in [0.2, 0.25) is 0 Å². The highest BCUT2D eigenvalue weighted by Gasteiger charge is 2.32. The second-order valence-corrected chi connectivity index (χ2v) is 6.03. The Hall–Kier alpha value is -1.40. The van der Waals surface area contributed by atoms with Crippen molar-refractivity contribution in [1.29, 1.82) is 0 Å². The third-order valence-electron chi connectivity index (χ3n) is 2.26. The minimum absolute atomic E-state index is 0.0532. The van der Waals surface area contributed by atoms with Crippen molar-refractivity contribution in [3.05, 3.63) is 29.8 Å². The van der Waals surface area contributed by atoms with Gasteiger partial charge in [0.1, 0.15) is 5.54 Å². The van der Waals surface area contributed by atoms with Gasteiger partial charge in [-0.3, -0.25) is 4.79 Å². The molecule has 0 saturated carbocycles. The monoisotopic (exact) mass is 257 g/mol. The Labute approximate surface area is 101 Å². The molecule has 0 aliphatic rings. The summed E-state index contributed by atoms with van der Waals surface area (Å²) >= 11 is 0. The minimum Gasteiger partial charge on any atom is -0.480 e. The van der Waals surface area contributed by atoms with Crippen molar-refractivity contribution in [1.82, 2.24) is 4.72 Å². The van der Waals surface area contributed by atoms with E-state index in [1.165, 1.54) is 26.0 Å². The maximum absolute atomic E-state index is 11.9. The van der Waals surface area contributed by atoms with E-state index in [4.69, 9.17) is 5.11 Å². The van der Waals surface area contributed by atoms with Crippen molar-refractivity contribution >= 4 is 16.0 Å². The number of nitrogens with one attached hydrogen (secondary N) is 1. The smallest absolute Gasteiger partial charge is 0.324 e. The van der Waals surface area contributed by atoms with E-state index in [1.807, 2.05) is 6.92 Å². The Bertz CT molecular complexity index is 517. The zero-order valence-electron chi connectivity index (χ0n) is 9.89. The Morgan fingerprint density at radius 1 is 1.24 bits per heavy atom. The van der Waals surface area contributed by atoms with Gasteiger partial charge in [0.15, 0.2) is 0 Å². The molecule has 0 heterocycles. The molecule has 2 N–H and O–H groups in total. The van der Waals surface area contributed by atoms with Crippen LogP contribution in [0.4, 0.5) is 0 Å². The molecule has 0 atom stereocenters. The van der Waals surface area contributed by atoms with Crippen LogP contribution in [0.5, 0.6) is 0 Å². The molecular formula is C11H15NO4S. The molecule has 0 aromatic heterocycles. The van der Waals surface area contributed by atoms with E-state index in [2.05, 4.69) is 4.72 Å². The van der Waals surface area contributed by atoms with Gasteiger partial charge in [0.25, 0.3) is 0 Å². The Kier molecular flexibility index (Phi) is 3.59. The summed E-state index contributed by atoms with van der Waals surface area (Å²) in [7, 11) is -3.81. The zero-order valence-corrected chi connectivity index (χ0v) is 10.7. The van der Waals surface area contributed by atoms with Crippen LogP contribution in [0.3, 0.4) is 0 Å². The lowest BCUT2D eigenvalue weighted by molar-refractivity contribution is -0.142. The molecule has 94 valence electrons. The summed E-state index contributed by atoms with van der Waals surface area (Å²) in [6.07, 6.45) is 0. The van der Waals surface area contributed by atoms with Gasteiger partial charge in [-0.15, -0.1) is 0 Å². The van der Waals surface area contributed by atoms with Crippen molar-refractivity contribution in [2.24, 2.45) is 0 Å². The van der Waals surface area contributed by atoms with Gasteiger partial charge in [0.2, 0.25) is 10.0 Å². The van der Waals surface area contributed by atoms with Crippen LogP contribution in [0.25, 0.3) is 0 Å². The van der Waals surface area contributed by atoms with Gasteiger partial charge in [-0.1, -0.05) is 17.7 Å². The lowest BCUT2D eigenvalue weighted by Crippen LogP contribution is -2.49. The molecule has 1 aromatic rings. The third-order valence-corrected chi connectivity index (χ3v) is 3.93. The zero-order chi connectivity index (χ0) is 13.3. The quantitative estimate of drug-likeness (QED) is 0.847. The lowest BCUT2D eigenvalue weighted by atomic mass is 10.1. The van der Waals surface area contributed by atoms with E-state index in [9.17, 15) is 13.2 Å². The molecule has 0 unspecified atom stereocenters. The minimum atomic E-state index is -3.81. The fraction of sp³-hybridized carbons (Fsp3) is 0.364. The van der Waals surface area contributed by atoms with Crippen molar-refractivity contribution < 1.29 is 18.3 Å².